The second-order valence-electron chi connectivity index (χ2n) is 6.94. The van der Waals surface area contributed by atoms with Gasteiger partial charge in [0.25, 0.3) is 0 Å². The summed E-state index contributed by atoms with van der Waals surface area (Å²) in [6, 6.07) is 13.7. The van der Waals surface area contributed by atoms with E-state index in [1.807, 2.05) is 25.1 Å². The number of benzene rings is 2. The van der Waals surface area contributed by atoms with Crippen molar-refractivity contribution in [2.24, 2.45) is 0 Å². The highest BCUT2D eigenvalue weighted by Crippen LogP contribution is 2.32. The van der Waals surface area contributed by atoms with E-state index < -0.39 is 10.0 Å². The Bertz CT molecular complexity index is 947. The van der Waals surface area contributed by atoms with Gasteiger partial charge in [-0.3, -0.25) is 4.79 Å². The molecule has 1 atom stereocenters. The van der Waals surface area contributed by atoms with Gasteiger partial charge >= 0.3 is 0 Å². The highest BCUT2D eigenvalue weighted by atomic mass is 32.2. The number of carbonyl (C=O) groups is 1. The fraction of sp³-hybridized carbons (Fsp3) is 0.381. The highest BCUT2D eigenvalue weighted by molar-refractivity contribution is 7.89. The summed E-state index contributed by atoms with van der Waals surface area (Å²) in [5, 5.41) is 2.94. The van der Waals surface area contributed by atoms with E-state index in [-0.39, 0.29) is 29.8 Å². The molecule has 2 aromatic carbocycles. The van der Waals surface area contributed by atoms with Gasteiger partial charge in [0.2, 0.25) is 15.9 Å². The standard InChI is InChI=1S/C21H26N2O5S/c1-16(17-10-11-19-20(15-17)28-14-13-27-19)22-21(24)9-6-12-23(2)29(25,26)18-7-4-3-5-8-18/h3-5,7-8,10-11,15-16H,6,9,12-14H2,1-2H3,(H,22,24)/t16-/m0/s1. The van der Waals surface area contributed by atoms with Gasteiger partial charge in [-0.2, -0.15) is 0 Å². The molecular weight excluding hydrogens is 392 g/mol. The first-order valence-corrected chi connectivity index (χ1v) is 11.0. The van der Waals surface area contributed by atoms with Crippen molar-refractivity contribution in [1.29, 1.82) is 0 Å². The van der Waals surface area contributed by atoms with Crippen molar-refractivity contribution in [1.82, 2.24) is 9.62 Å². The Morgan fingerprint density at radius 3 is 2.52 bits per heavy atom. The Morgan fingerprint density at radius 1 is 1.10 bits per heavy atom. The van der Waals surface area contributed by atoms with Gasteiger partial charge in [-0.1, -0.05) is 24.3 Å². The molecule has 0 unspecified atom stereocenters. The lowest BCUT2D eigenvalue weighted by molar-refractivity contribution is -0.121. The molecule has 8 heteroatoms. The number of fused-ring (bicyclic) bond motifs is 1. The number of carbonyl (C=O) groups excluding carboxylic acids is 1. The van der Waals surface area contributed by atoms with Gasteiger partial charge in [0.15, 0.2) is 11.5 Å². The van der Waals surface area contributed by atoms with Crippen LogP contribution < -0.4 is 14.8 Å². The van der Waals surface area contributed by atoms with Crippen LogP contribution in [0, 0.1) is 0 Å². The van der Waals surface area contributed by atoms with Crippen LogP contribution in [0.2, 0.25) is 0 Å². The largest absolute Gasteiger partial charge is 0.486 e. The summed E-state index contributed by atoms with van der Waals surface area (Å²) in [7, 11) is -2.01. The first-order chi connectivity index (χ1) is 13.9. The predicted octanol–water partition coefficient (Wildman–Crippen LogP) is 2.74. The van der Waals surface area contributed by atoms with Crippen LogP contribution in [0.1, 0.15) is 31.4 Å². The van der Waals surface area contributed by atoms with E-state index in [1.54, 1.807) is 30.3 Å². The van der Waals surface area contributed by atoms with Gasteiger partial charge < -0.3 is 14.8 Å². The van der Waals surface area contributed by atoms with Crippen molar-refractivity contribution in [3.05, 3.63) is 54.1 Å². The average Bonchev–Trinajstić information content (AvgIpc) is 2.73. The number of rotatable bonds is 8. The lowest BCUT2D eigenvalue weighted by atomic mass is 10.1. The van der Waals surface area contributed by atoms with Crippen LogP contribution in [0.25, 0.3) is 0 Å². The Kier molecular flexibility index (Phi) is 6.76. The molecule has 0 saturated heterocycles. The monoisotopic (exact) mass is 418 g/mol. The summed E-state index contributed by atoms with van der Waals surface area (Å²) < 4.78 is 37.3. The number of nitrogens with zero attached hydrogens (tertiary/aromatic N) is 1. The quantitative estimate of drug-likeness (QED) is 0.713. The summed E-state index contributed by atoms with van der Waals surface area (Å²) in [6.45, 7) is 3.21. The highest BCUT2D eigenvalue weighted by Gasteiger charge is 2.20. The van der Waals surface area contributed by atoms with Crippen LogP contribution in [0.3, 0.4) is 0 Å². The molecule has 29 heavy (non-hydrogen) atoms. The topological polar surface area (TPSA) is 84.9 Å². The molecule has 2 aromatic rings. The summed E-state index contributed by atoms with van der Waals surface area (Å²) >= 11 is 0. The zero-order valence-electron chi connectivity index (χ0n) is 16.6. The molecule has 0 spiro atoms. The Hall–Kier alpha value is -2.58. The smallest absolute Gasteiger partial charge is 0.242 e. The van der Waals surface area contributed by atoms with E-state index in [2.05, 4.69) is 5.32 Å². The average molecular weight is 419 g/mol. The normalized spacial score (nSPS) is 14.4. The second-order valence-corrected chi connectivity index (χ2v) is 8.98. The molecule has 0 aliphatic carbocycles. The first-order valence-electron chi connectivity index (χ1n) is 9.58. The van der Waals surface area contributed by atoms with Crippen molar-refractivity contribution in [2.75, 3.05) is 26.8 Å². The third kappa shape index (κ3) is 5.27. The van der Waals surface area contributed by atoms with E-state index in [4.69, 9.17) is 9.47 Å². The summed E-state index contributed by atoms with van der Waals surface area (Å²) in [5.74, 6) is 1.27. The maximum Gasteiger partial charge on any atom is 0.242 e. The van der Waals surface area contributed by atoms with Crippen molar-refractivity contribution >= 4 is 15.9 Å². The van der Waals surface area contributed by atoms with Gasteiger partial charge in [-0.15, -0.1) is 0 Å². The van der Waals surface area contributed by atoms with Crippen LogP contribution in [-0.4, -0.2) is 45.4 Å². The van der Waals surface area contributed by atoms with E-state index in [0.29, 0.717) is 31.1 Å². The molecule has 1 aliphatic heterocycles. The Balaban J connectivity index is 1.48. The number of amides is 1. The van der Waals surface area contributed by atoms with Crippen LogP contribution >= 0.6 is 0 Å². The molecule has 0 radical (unpaired) electrons. The summed E-state index contributed by atoms with van der Waals surface area (Å²) in [6.07, 6.45) is 0.672. The van der Waals surface area contributed by atoms with Crippen molar-refractivity contribution in [2.45, 2.75) is 30.7 Å². The van der Waals surface area contributed by atoms with Crippen LogP contribution in [-0.2, 0) is 14.8 Å². The molecule has 0 aromatic heterocycles. The summed E-state index contributed by atoms with van der Waals surface area (Å²) in [5.41, 5.74) is 0.923. The fourth-order valence-corrected chi connectivity index (χ4v) is 4.31. The molecule has 1 heterocycles. The SMILES string of the molecule is C[C@H](NC(=O)CCCN(C)S(=O)(=O)c1ccccc1)c1ccc2c(c1)OCCO2. The number of hydrogen-bond acceptors (Lipinski definition) is 5. The van der Waals surface area contributed by atoms with Gasteiger partial charge in [0.05, 0.1) is 10.9 Å². The molecule has 0 bridgehead atoms. The second kappa shape index (κ2) is 9.28. The van der Waals surface area contributed by atoms with Crippen molar-refractivity contribution < 1.29 is 22.7 Å². The van der Waals surface area contributed by atoms with Gasteiger partial charge in [-0.05, 0) is 43.2 Å². The van der Waals surface area contributed by atoms with Gasteiger partial charge in [0.1, 0.15) is 13.2 Å². The molecule has 1 amide bonds. The minimum absolute atomic E-state index is 0.127. The van der Waals surface area contributed by atoms with E-state index >= 15 is 0 Å². The predicted molar refractivity (Wildman–Crippen MR) is 109 cm³/mol. The van der Waals surface area contributed by atoms with Gasteiger partial charge in [-0.25, -0.2) is 12.7 Å². The molecule has 1 N–H and O–H groups in total. The van der Waals surface area contributed by atoms with Gasteiger partial charge in [0, 0.05) is 20.0 Å². The molecular formula is C21H26N2O5S. The number of hydrogen-bond donors (Lipinski definition) is 1. The van der Waals surface area contributed by atoms with Crippen LogP contribution in [0.5, 0.6) is 11.5 Å². The molecule has 0 saturated carbocycles. The minimum atomic E-state index is -3.54. The maximum absolute atomic E-state index is 12.5. The third-order valence-corrected chi connectivity index (χ3v) is 6.64. The van der Waals surface area contributed by atoms with Crippen molar-refractivity contribution in [3.63, 3.8) is 0 Å². The fourth-order valence-electron chi connectivity index (χ4n) is 3.08. The van der Waals surface area contributed by atoms with E-state index in [0.717, 1.165) is 5.56 Å². The molecule has 7 nitrogen and oxygen atoms in total. The molecule has 156 valence electrons. The van der Waals surface area contributed by atoms with Crippen LogP contribution in [0.15, 0.2) is 53.4 Å². The Labute approximate surface area is 171 Å². The molecule has 0 fully saturated rings. The Morgan fingerprint density at radius 2 is 1.79 bits per heavy atom. The van der Waals surface area contributed by atoms with Crippen molar-refractivity contribution in [3.8, 4) is 11.5 Å². The lowest BCUT2D eigenvalue weighted by Gasteiger charge is -2.21. The molecule has 1 aliphatic rings. The maximum atomic E-state index is 12.5. The number of ether oxygens (including phenoxy) is 2. The third-order valence-electron chi connectivity index (χ3n) is 4.77. The number of sulfonamides is 1. The van der Waals surface area contributed by atoms with E-state index in [1.165, 1.54) is 11.4 Å². The summed E-state index contributed by atoms with van der Waals surface area (Å²) in [4.78, 5) is 12.5. The minimum Gasteiger partial charge on any atom is -0.486 e. The zero-order chi connectivity index (χ0) is 20.9. The zero-order valence-corrected chi connectivity index (χ0v) is 17.4. The first kappa shape index (κ1) is 21.1. The molecule has 3 rings (SSSR count). The number of nitrogens with one attached hydrogen (secondary N) is 1. The van der Waals surface area contributed by atoms with E-state index in [9.17, 15) is 13.2 Å². The lowest BCUT2D eigenvalue weighted by Crippen LogP contribution is -2.30. The van der Waals surface area contributed by atoms with Crippen LogP contribution in [0.4, 0.5) is 0 Å².